The van der Waals surface area contributed by atoms with Crippen molar-refractivity contribution in [1.29, 1.82) is 0 Å². The van der Waals surface area contributed by atoms with Crippen LogP contribution in [0.5, 0.6) is 0 Å². The van der Waals surface area contributed by atoms with Crippen molar-refractivity contribution in [3.8, 4) is 0 Å². The minimum atomic E-state index is -1.12. The number of esters is 1. The molecule has 1 N–H and O–H groups in total. The van der Waals surface area contributed by atoms with Crippen LogP contribution in [0.15, 0.2) is 24.3 Å². The molecule has 0 unspecified atom stereocenters. The fourth-order valence-corrected chi connectivity index (χ4v) is 2.10. The Morgan fingerprint density at radius 3 is 2.24 bits per heavy atom. The molecule has 0 amide bonds. The molecular formula is C17H24O4. The second kappa shape index (κ2) is 7.25. The van der Waals surface area contributed by atoms with Crippen LogP contribution in [0.25, 0.3) is 0 Å². The number of carbonyl (C=O) groups is 2. The summed E-state index contributed by atoms with van der Waals surface area (Å²) in [5, 5.41) is 9.14. The molecule has 0 aliphatic rings. The van der Waals surface area contributed by atoms with Gasteiger partial charge in [0, 0.05) is 0 Å². The zero-order valence-corrected chi connectivity index (χ0v) is 13.2. The number of rotatable bonds is 6. The van der Waals surface area contributed by atoms with Crippen molar-refractivity contribution in [1.82, 2.24) is 0 Å². The van der Waals surface area contributed by atoms with E-state index in [1.807, 2.05) is 20.8 Å². The van der Waals surface area contributed by atoms with Crippen LogP contribution in [-0.4, -0.2) is 23.1 Å². The number of carboxylic acid groups (broad SMARTS) is 1. The molecule has 1 aromatic rings. The molecular weight excluding hydrogens is 268 g/mol. The van der Waals surface area contributed by atoms with E-state index in [0.717, 1.165) is 19.3 Å². The summed E-state index contributed by atoms with van der Waals surface area (Å²) in [6.07, 6.45) is 2.54. The monoisotopic (exact) mass is 292 g/mol. The Morgan fingerprint density at radius 2 is 1.76 bits per heavy atom. The summed E-state index contributed by atoms with van der Waals surface area (Å²) < 4.78 is 5.59. The molecule has 0 bridgehead atoms. The number of carbonyl (C=O) groups excluding carboxylic acids is 1. The van der Waals surface area contributed by atoms with E-state index >= 15 is 0 Å². The smallest absolute Gasteiger partial charge is 0.339 e. The summed E-state index contributed by atoms with van der Waals surface area (Å²) in [6.45, 7) is 8.14. The van der Waals surface area contributed by atoms with Gasteiger partial charge in [-0.25, -0.2) is 9.59 Å². The summed E-state index contributed by atoms with van der Waals surface area (Å²) in [7, 11) is 0. The van der Waals surface area contributed by atoms with Crippen LogP contribution in [-0.2, 0) is 4.74 Å². The number of hydrogen-bond acceptors (Lipinski definition) is 3. The van der Waals surface area contributed by atoms with Gasteiger partial charge in [0.25, 0.3) is 0 Å². The predicted molar refractivity (Wildman–Crippen MR) is 81.6 cm³/mol. The lowest BCUT2D eigenvalue weighted by molar-refractivity contribution is -0.00696. The summed E-state index contributed by atoms with van der Waals surface area (Å²) in [6, 6.07) is 6.14. The Labute approximate surface area is 126 Å². The Hall–Kier alpha value is -1.84. The third kappa shape index (κ3) is 4.88. The van der Waals surface area contributed by atoms with E-state index in [2.05, 4.69) is 6.92 Å². The van der Waals surface area contributed by atoms with Gasteiger partial charge in [0.15, 0.2) is 0 Å². The van der Waals surface area contributed by atoms with Gasteiger partial charge in [-0.2, -0.15) is 0 Å². The molecule has 0 heterocycles. The highest BCUT2D eigenvalue weighted by Crippen LogP contribution is 2.27. The quantitative estimate of drug-likeness (QED) is 0.800. The Bertz CT molecular complexity index is 500. The average Bonchev–Trinajstić information content (AvgIpc) is 2.41. The standard InChI is InChI=1S/C17H24O4/c1-5-6-11-14(17(2,3)4)21-16(20)13-10-8-7-9-12(13)15(18)19/h7-10,14H,5-6,11H2,1-4H3,(H,18,19)/t14-/m1/s1. The molecule has 4 nitrogen and oxygen atoms in total. The van der Waals surface area contributed by atoms with Gasteiger partial charge in [-0.3, -0.25) is 0 Å². The zero-order valence-electron chi connectivity index (χ0n) is 13.2. The first-order valence-electron chi connectivity index (χ1n) is 7.30. The maximum atomic E-state index is 12.3. The van der Waals surface area contributed by atoms with Crippen molar-refractivity contribution >= 4 is 11.9 Å². The zero-order chi connectivity index (χ0) is 16.0. The van der Waals surface area contributed by atoms with Crippen LogP contribution in [0.2, 0.25) is 0 Å². The first-order chi connectivity index (χ1) is 9.77. The van der Waals surface area contributed by atoms with Gasteiger partial charge in [-0.15, -0.1) is 0 Å². The van der Waals surface area contributed by atoms with Gasteiger partial charge in [-0.05, 0) is 24.0 Å². The lowest BCUT2D eigenvalue weighted by Gasteiger charge is -2.30. The van der Waals surface area contributed by atoms with Crippen molar-refractivity contribution in [2.24, 2.45) is 5.41 Å². The molecule has 21 heavy (non-hydrogen) atoms. The molecule has 0 spiro atoms. The lowest BCUT2D eigenvalue weighted by atomic mass is 9.86. The molecule has 0 radical (unpaired) electrons. The highest BCUT2D eigenvalue weighted by molar-refractivity contribution is 6.02. The lowest BCUT2D eigenvalue weighted by Crippen LogP contribution is -2.32. The van der Waals surface area contributed by atoms with Gasteiger partial charge < -0.3 is 9.84 Å². The van der Waals surface area contributed by atoms with Crippen LogP contribution in [0, 0.1) is 5.41 Å². The molecule has 0 aliphatic carbocycles. The number of aromatic carboxylic acids is 1. The number of benzene rings is 1. The van der Waals surface area contributed by atoms with Crippen LogP contribution < -0.4 is 0 Å². The molecule has 4 heteroatoms. The normalized spacial score (nSPS) is 12.8. The van der Waals surface area contributed by atoms with E-state index in [1.165, 1.54) is 12.1 Å². The van der Waals surface area contributed by atoms with Crippen molar-refractivity contribution in [2.45, 2.75) is 53.1 Å². The highest BCUT2D eigenvalue weighted by atomic mass is 16.5. The molecule has 116 valence electrons. The van der Waals surface area contributed by atoms with E-state index in [0.29, 0.717) is 0 Å². The van der Waals surface area contributed by atoms with Gasteiger partial charge in [0.05, 0.1) is 11.1 Å². The molecule has 0 saturated carbocycles. The molecule has 1 rings (SSSR count). The topological polar surface area (TPSA) is 63.6 Å². The Kier molecular flexibility index (Phi) is 5.94. The second-order valence-electron chi connectivity index (χ2n) is 6.25. The average molecular weight is 292 g/mol. The molecule has 0 saturated heterocycles. The van der Waals surface area contributed by atoms with Crippen LogP contribution in [0.3, 0.4) is 0 Å². The fraction of sp³-hybridized carbons (Fsp3) is 0.529. The van der Waals surface area contributed by atoms with Gasteiger partial charge in [0.1, 0.15) is 6.10 Å². The Morgan fingerprint density at radius 1 is 1.19 bits per heavy atom. The molecule has 0 fully saturated rings. The molecule has 1 atom stereocenters. The first-order valence-corrected chi connectivity index (χ1v) is 7.30. The highest BCUT2D eigenvalue weighted by Gasteiger charge is 2.29. The molecule has 0 aliphatic heterocycles. The third-order valence-electron chi connectivity index (χ3n) is 3.41. The van der Waals surface area contributed by atoms with E-state index in [4.69, 9.17) is 9.84 Å². The van der Waals surface area contributed by atoms with Gasteiger partial charge in [-0.1, -0.05) is 52.7 Å². The number of hydrogen-bond donors (Lipinski definition) is 1. The van der Waals surface area contributed by atoms with Crippen molar-refractivity contribution in [3.05, 3.63) is 35.4 Å². The van der Waals surface area contributed by atoms with Crippen molar-refractivity contribution in [3.63, 3.8) is 0 Å². The fourth-order valence-electron chi connectivity index (χ4n) is 2.10. The summed E-state index contributed by atoms with van der Waals surface area (Å²) >= 11 is 0. The molecule has 1 aromatic carbocycles. The summed E-state index contributed by atoms with van der Waals surface area (Å²) in [5.74, 6) is -1.69. The number of unbranched alkanes of at least 4 members (excludes halogenated alkanes) is 1. The Balaban J connectivity index is 2.95. The summed E-state index contributed by atoms with van der Waals surface area (Å²) in [4.78, 5) is 23.5. The molecule has 0 aromatic heterocycles. The number of carboxylic acids is 1. The minimum absolute atomic E-state index is 0.0225. The third-order valence-corrected chi connectivity index (χ3v) is 3.41. The maximum absolute atomic E-state index is 12.3. The predicted octanol–water partition coefficient (Wildman–Crippen LogP) is 4.15. The van der Waals surface area contributed by atoms with Crippen molar-refractivity contribution in [2.75, 3.05) is 0 Å². The van der Waals surface area contributed by atoms with E-state index in [9.17, 15) is 9.59 Å². The van der Waals surface area contributed by atoms with Gasteiger partial charge >= 0.3 is 11.9 Å². The van der Waals surface area contributed by atoms with E-state index < -0.39 is 11.9 Å². The van der Waals surface area contributed by atoms with E-state index in [1.54, 1.807) is 12.1 Å². The van der Waals surface area contributed by atoms with Gasteiger partial charge in [0.2, 0.25) is 0 Å². The summed E-state index contributed by atoms with van der Waals surface area (Å²) in [5.41, 5.74) is -0.0930. The van der Waals surface area contributed by atoms with Crippen molar-refractivity contribution < 1.29 is 19.4 Å². The largest absolute Gasteiger partial charge is 0.478 e. The maximum Gasteiger partial charge on any atom is 0.339 e. The number of ether oxygens (including phenoxy) is 1. The van der Waals surface area contributed by atoms with E-state index in [-0.39, 0.29) is 22.6 Å². The SMILES string of the molecule is CCCC[C@@H](OC(=O)c1ccccc1C(=O)O)C(C)(C)C. The first kappa shape index (κ1) is 17.2. The van der Waals surface area contributed by atoms with Crippen LogP contribution >= 0.6 is 0 Å². The minimum Gasteiger partial charge on any atom is -0.478 e. The van der Waals surface area contributed by atoms with Crippen LogP contribution in [0.1, 0.15) is 67.7 Å². The van der Waals surface area contributed by atoms with Crippen LogP contribution in [0.4, 0.5) is 0 Å². The second-order valence-corrected chi connectivity index (χ2v) is 6.25.